The number of hydrogen-bond acceptors (Lipinski definition) is 3. The van der Waals surface area contributed by atoms with Gasteiger partial charge in [-0.2, -0.15) is 5.10 Å². The van der Waals surface area contributed by atoms with Crippen molar-refractivity contribution in [2.75, 3.05) is 7.05 Å². The van der Waals surface area contributed by atoms with Gasteiger partial charge in [-0.05, 0) is 25.5 Å². The predicted octanol–water partition coefficient (Wildman–Crippen LogP) is 1.20. The van der Waals surface area contributed by atoms with E-state index in [-0.39, 0.29) is 0 Å². The minimum absolute atomic E-state index is 0.612. The van der Waals surface area contributed by atoms with Crippen molar-refractivity contribution in [3.63, 3.8) is 0 Å². The quantitative estimate of drug-likeness (QED) is 0.587. The Labute approximate surface area is 90.6 Å². The second-order valence-electron chi connectivity index (χ2n) is 2.77. The zero-order valence-corrected chi connectivity index (χ0v) is 10.0. The molecule has 0 aliphatic heterocycles. The molecule has 0 saturated carbocycles. The van der Waals surface area contributed by atoms with Crippen LogP contribution in [0.25, 0.3) is 0 Å². The maximum absolute atomic E-state index is 10.8. The fourth-order valence-corrected chi connectivity index (χ4v) is 1.10. The van der Waals surface area contributed by atoms with Gasteiger partial charge in [0.25, 0.3) is 0 Å². The number of rotatable bonds is 2. The minimum atomic E-state index is 0.612. The lowest BCUT2D eigenvalue weighted by Gasteiger charge is -2.06. The molecule has 4 nitrogen and oxygen atoms in total. The first kappa shape index (κ1) is 13.4. The summed E-state index contributed by atoms with van der Waals surface area (Å²) in [6.07, 6.45) is 0.762. The van der Waals surface area contributed by atoms with Gasteiger partial charge in [-0.3, -0.25) is 9.36 Å². The van der Waals surface area contributed by atoms with E-state index < -0.39 is 0 Å². The Morgan fingerprint density at radius 2 is 1.93 bits per heavy atom. The molecule has 1 rings (SSSR count). The molecule has 0 radical (unpaired) electrons. The van der Waals surface area contributed by atoms with E-state index in [2.05, 4.69) is 10.5 Å². The highest BCUT2D eigenvalue weighted by Gasteiger charge is 1.98. The van der Waals surface area contributed by atoms with Crippen molar-refractivity contribution in [2.45, 2.75) is 27.7 Å². The second-order valence-corrected chi connectivity index (χ2v) is 2.77. The van der Waals surface area contributed by atoms with E-state index in [1.165, 1.54) is 4.57 Å². The Morgan fingerprint density at radius 3 is 2.40 bits per heavy atom. The Hall–Kier alpha value is -1.58. The van der Waals surface area contributed by atoms with Crippen molar-refractivity contribution in [3.8, 4) is 0 Å². The summed E-state index contributed by atoms with van der Waals surface area (Å²) in [4.78, 5) is 10.8. The molecule has 15 heavy (non-hydrogen) atoms. The van der Waals surface area contributed by atoms with Crippen molar-refractivity contribution in [1.29, 1.82) is 0 Å². The highest BCUT2D eigenvalue weighted by atomic mass is 16.1. The van der Waals surface area contributed by atoms with Crippen LogP contribution in [0.3, 0.4) is 0 Å². The lowest BCUT2D eigenvalue weighted by Crippen LogP contribution is -2.25. The molecule has 1 heterocycles. The number of nitrogens with zero attached hydrogens (tertiary/aromatic N) is 2. The molecule has 0 unspecified atom stereocenters. The fraction of sp³-hybridized carbons (Fsp3) is 0.455. The standard InChI is InChI=1S/C9H13N3O.C2H6/c1-7-4-5-9(11-10-3)12(6-13)8(7)2;1-2/h4-6,10H,1-3H3;1-2H3/b11-9-;. The van der Waals surface area contributed by atoms with Crippen molar-refractivity contribution >= 4 is 6.41 Å². The van der Waals surface area contributed by atoms with E-state index in [4.69, 9.17) is 0 Å². The van der Waals surface area contributed by atoms with Gasteiger partial charge in [0.15, 0.2) is 5.49 Å². The molecule has 0 saturated heterocycles. The second kappa shape index (κ2) is 6.81. The average molecular weight is 209 g/mol. The molecule has 0 aliphatic carbocycles. The molecule has 1 aromatic rings. The van der Waals surface area contributed by atoms with Gasteiger partial charge in [-0.25, -0.2) is 0 Å². The third-order valence-corrected chi connectivity index (χ3v) is 1.99. The maximum Gasteiger partial charge on any atom is 0.219 e. The number of aromatic nitrogens is 1. The molecule has 0 amide bonds. The van der Waals surface area contributed by atoms with Gasteiger partial charge in [0, 0.05) is 12.7 Å². The highest BCUT2D eigenvalue weighted by Crippen LogP contribution is 1.99. The van der Waals surface area contributed by atoms with Crippen LogP contribution in [0.5, 0.6) is 0 Å². The summed E-state index contributed by atoms with van der Waals surface area (Å²) in [6, 6.07) is 3.73. The summed E-state index contributed by atoms with van der Waals surface area (Å²) in [5, 5.41) is 3.96. The first-order valence-corrected chi connectivity index (χ1v) is 5.05. The zero-order valence-electron chi connectivity index (χ0n) is 10.0. The largest absolute Gasteiger partial charge is 0.311 e. The Morgan fingerprint density at radius 1 is 1.33 bits per heavy atom. The number of hydrogen-bond donors (Lipinski definition) is 1. The summed E-state index contributed by atoms with van der Waals surface area (Å²) in [5.74, 6) is 0. The third-order valence-electron chi connectivity index (χ3n) is 1.99. The molecule has 1 N–H and O–H groups in total. The summed E-state index contributed by atoms with van der Waals surface area (Å²) < 4.78 is 1.51. The molecule has 0 aliphatic rings. The van der Waals surface area contributed by atoms with Crippen LogP contribution >= 0.6 is 0 Å². The average Bonchev–Trinajstić information content (AvgIpc) is 2.27. The van der Waals surface area contributed by atoms with Crippen molar-refractivity contribution < 1.29 is 4.79 Å². The van der Waals surface area contributed by atoms with Gasteiger partial charge in [0.05, 0.1) is 0 Å². The molecule has 84 valence electrons. The molecule has 1 aromatic heterocycles. The molecular weight excluding hydrogens is 190 g/mol. The third kappa shape index (κ3) is 3.23. The molecule has 0 atom stereocenters. The lowest BCUT2D eigenvalue weighted by molar-refractivity contribution is 0.542. The van der Waals surface area contributed by atoms with Crippen LogP contribution in [-0.4, -0.2) is 18.0 Å². The van der Waals surface area contributed by atoms with E-state index in [1.54, 1.807) is 13.1 Å². The smallest absolute Gasteiger partial charge is 0.219 e. The fourth-order valence-electron chi connectivity index (χ4n) is 1.10. The Balaban J connectivity index is 0.000000921. The number of nitrogens with one attached hydrogen (secondary N) is 1. The normalized spacial score (nSPS) is 10.3. The zero-order chi connectivity index (χ0) is 11.8. The molecular formula is C11H19N3O. The lowest BCUT2D eigenvalue weighted by atomic mass is 10.2. The highest BCUT2D eigenvalue weighted by molar-refractivity contribution is 5.54. The van der Waals surface area contributed by atoms with Crippen LogP contribution < -0.4 is 10.9 Å². The van der Waals surface area contributed by atoms with Crippen LogP contribution in [0.2, 0.25) is 0 Å². The summed E-state index contributed by atoms with van der Waals surface area (Å²) in [6.45, 7) is 7.84. The molecule has 0 bridgehead atoms. The van der Waals surface area contributed by atoms with Crippen molar-refractivity contribution in [3.05, 3.63) is 28.9 Å². The maximum atomic E-state index is 10.8. The van der Waals surface area contributed by atoms with Gasteiger partial charge < -0.3 is 5.43 Å². The SMILES string of the molecule is CC.CN/N=c1/ccc(C)c(C)n1C=O. The predicted molar refractivity (Wildman–Crippen MR) is 62.0 cm³/mol. The van der Waals surface area contributed by atoms with Gasteiger partial charge in [-0.15, -0.1) is 0 Å². The number of carbonyl (C=O) groups excluding carboxylic acids is 1. The summed E-state index contributed by atoms with van der Waals surface area (Å²) in [7, 11) is 1.70. The Kier molecular flexibility index (Phi) is 6.09. The van der Waals surface area contributed by atoms with Gasteiger partial charge in [0.1, 0.15) is 0 Å². The molecule has 0 spiro atoms. The first-order valence-electron chi connectivity index (χ1n) is 5.05. The Bertz CT molecular complexity index is 380. The van der Waals surface area contributed by atoms with Crippen LogP contribution in [0, 0.1) is 13.8 Å². The minimum Gasteiger partial charge on any atom is -0.311 e. The van der Waals surface area contributed by atoms with E-state index in [0.29, 0.717) is 5.49 Å². The van der Waals surface area contributed by atoms with Crippen LogP contribution in [0.15, 0.2) is 17.2 Å². The van der Waals surface area contributed by atoms with E-state index >= 15 is 0 Å². The van der Waals surface area contributed by atoms with Gasteiger partial charge >= 0.3 is 0 Å². The van der Waals surface area contributed by atoms with Crippen molar-refractivity contribution in [2.24, 2.45) is 5.10 Å². The van der Waals surface area contributed by atoms with Crippen LogP contribution in [0.4, 0.5) is 0 Å². The van der Waals surface area contributed by atoms with Gasteiger partial charge in [0.2, 0.25) is 6.41 Å². The summed E-state index contributed by atoms with van der Waals surface area (Å²) in [5.41, 5.74) is 5.24. The van der Waals surface area contributed by atoms with Crippen LogP contribution in [-0.2, 0) is 4.79 Å². The van der Waals surface area contributed by atoms with E-state index in [1.807, 2.05) is 33.8 Å². The van der Waals surface area contributed by atoms with Crippen molar-refractivity contribution in [1.82, 2.24) is 9.99 Å². The topological polar surface area (TPSA) is 46.4 Å². The summed E-state index contributed by atoms with van der Waals surface area (Å²) >= 11 is 0. The number of carbonyl (C=O) groups is 1. The molecule has 4 heteroatoms. The number of pyridine rings is 1. The molecule has 0 fully saturated rings. The van der Waals surface area contributed by atoms with E-state index in [9.17, 15) is 4.79 Å². The van der Waals surface area contributed by atoms with Crippen LogP contribution in [0.1, 0.15) is 25.1 Å². The molecule has 0 aromatic carbocycles. The first-order chi connectivity index (χ1) is 7.20. The number of aryl methyl sites for hydroxylation is 1. The van der Waals surface area contributed by atoms with Gasteiger partial charge in [-0.1, -0.05) is 19.9 Å². The monoisotopic (exact) mass is 209 g/mol. The van der Waals surface area contributed by atoms with E-state index in [0.717, 1.165) is 17.7 Å².